The van der Waals surface area contributed by atoms with E-state index >= 15 is 0 Å². The summed E-state index contributed by atoms with van der Waals surface area (Å²) in [5.41, 5.74) is 1.05. The Morgan fingerprint density at radius 3 is 2.43 bits per heavy atom. The molecule has 0 aromatic heterocycles. The van der Waals surface area contributed by atoms with Crippen LogP contribution in [0.5, 0.6) is 0 Å². The number of anilines is 1. The summed E-state index contributed by atoms with van der Waals surface area (Å²) in [7, 11) is -2.80. The third-order valence-corrected chi connectivity index (χ3v) is 6.76. The molecule has 0 unspecified atom stereocenters. The van der Waals surface area contributed by atoms with E-state index in [1.165, 1.54) is 25.7 Å². The van der Waals surface area contributed by atoms with Gasteiger partial charge in [0.05, 0.1) is 28.8 Å². The van der Waals surface area contributed by atoms with Crippen molar-refractivity contribution in [3.05, 3.63) is 59.2 Å². The van der Waals surface area contributed by atoms with Gasteiger partial charge in [-0.2, -0.15) is 0 Å². The largest absolute Gasteiger partial charge is 0.465 e. The van der Waals surface area contributed by atoms with E-state index in [0.29, 0.717) is 5.56 Å². The number of carbonyl (C=O) groups is 2. The zero-order valence-corrected chi connectivity index (χ0v) is 17.9. The van der Waals surface area contributed by atoms with Gasteiger partial charge in [-0.3, -0.25) is 9.52 Å². The van der Waals surface area contributed by atoms with E-state index < -0.39 is 16.0 Å². The molecule has 0 heterocycles. The second kappa shape index (κ2) is 9.30. The Hall–Kier alpha value is -2.87. The number of carbonyl (C=O) groups excluding carboxylic acids is 2. The average Bonchev–Trinajstić information content (AvgIpc) is 2.74. The van der Waals surface area contributed by atoms with Crippen LogP contribution >= 0.6 is 0 Å². The van der Waals surface area contributed by atoms with Crippen molar-refractivity contribution >= 4 is 27.6 Å². The number of rotatable bonds is 6. The van der Waals surface area contributed by atoms with Crippen LogP contribution in [-0.2, 0) is 14.8 Å². The summed E-state index contributed by atoms with van der Waals surface area (Å²) in [6.45, 7) is 1.64. The minimum absolute atomic E-state index is 0.0482. The minimum atomic E-state index is -4.04. The van der Waals surface area contributed by atoms with E-state index in [9.17, 15) is 18.0 Å². The molecule has 1 saturated carbocycles. The summed E-state index contributed by atoms with van der Waals surface area (Å²) in [6, 6.07) is 10.9. The van der Waals surface area contributed by atoms with Gasteiger partial charge in [0.2, 0.25) is 0 Å². The average molecular weight is 431 g/mol. The van der Waals surface area contributed by atoms with Crippen LogP contribution in [0.25, 0.3) is 0 Å². The van der Waals surface area contributed by atoms with Crippen LogP contribution in [0.15, 0.2) is 47.4 Å². The molecule has 1 aliphatic carbocycles. The van der Waals surface area contributed by atoms with E-state index in [2.05, 4.69) is 14.8 Å². The Kier molecular flexibility index (Phi) is 6.77. The molecule has 0 saturated heterocycles. The lowest BCUT2D eigenvalue weighted by Gasteiger charge is -2.23. The second-order valence-corrected chi connectivity index (χ2v) is 9.08. The first kappa shape index (κ1) is 21.8. The summed E-state index contributed by atoms with van der Waals surface area (Å²) in [4.78, 5) is 24.6. The zero-order valence-electron chi connectivity index (χ0n) is 17.1. The predicted octanol–water partition coefficient (Wildman–Crippen LogP) is 3.64. The number of aryl methyl sites for hydroxylation is 1. The number of esters is 1. The molecule has 0 atom stereocenters. The molecule has 1 fully saturated rings. The fourth-order valence-electron chi connectivity index (χ4n) is 3.61. The molecule has 1 aliphatic rings. The molecule has 1 amide bonds. The highest BCUT2D eigenvalue weighted by molar-refractivity contribution is 7.92. The molecule has 0 spiro atoms. The highest BCUT2D eigenvalue weighted by atomic mass is 32.2. The van der Waals surface area contributed by atoms with Gasteiger partial charge in [0.15, 0.2) is 0 Å². The normalized spacial score (nSPS) is 14.7. The fourth-order valence-corrected chi connectivity index (χ4v) is 4.97. The van der Waals surface area contributed by atoms with Crippen LogP contribution in [0, 0.1) is 6.92 Å². The first-order valence-electron chi connectivity index (χ1n) is 9.93. The number of amides is 1. The van der Waals surface area contributed by atoms with Crippen molar-refractivity contribution < 1.29 is 22.7 Å². The third kappa shape index (κ3) is 4.99. The Balaban J connectivity index is 1.87. The van der Waals surface area contributed by atoms with Gasteiger partial charge >= 0.3 is 5.97 Å². The van der Waals surface area contributed by atoms with Crippen LogP contribution < -0.4 is 10.0 Å². The number of benzene rings is 2. The van der Waals surface area contributed by atoms with Crippen molar-refractivity contribution in [1.82, 2.24) is 5.32 Å². The van der Waals surface area contributed by atoms with Crippen molar-refractivity contribution in [2.45, 2.75) is 50.0 Å². The summed E-state index contributed by atoms with van der Waals surface area (Å²) < 4.78 is 33.3. The van der Waals surface area contributed by atoms with Crippen molar-refractivity contribution in [2.24, 2.45) is 0 Å². The molecule has 7 nitrogen and oxygen atoms in total. The van der Waals surface area contributed by atoms with Gasteiger partial charge < -0.3 is 10.1 Å². The highest BCUT2D eigenvalue weighted by Gasteiger charge is 2.23. The van der Waals surface area contributed by atoms with Crippen molar-refractivity contribution in [2.75, 3.05) is 11.8 Å². The molecule has 8 heteroatoms. The lowest BCUT2D eigenvalue weighted by Crippen LogP contribution is -2.36. The Morgan fingerprint density at radius 2 is 1.73 bits per heavy atom. The Morgan fingerprint density at radius 1 is 1.03 bits per heavy atom. The van der Waals surface area contributed by atoms with E-state index in [1.807, 2.05) is 0 Å². The lowest BCUT2D eigenvalue weighted by molar-refractivity contribution is 0.0600. The summed E-state index contributed by atoms with van der Waals surface area (Å²) in [6.07, 6.45) is 5.19. The standard InChI is InChI=1S/C22H26N2O5S/c1-15-12-13-16(22(26)29-2)14-20(15)30(27,28)24-19-11-7-6-10-18(19)21(25)23-17-8-4-3-5-9-17/h6-7,10-14,17,24H,3-5,8-9H2,1-2H3,(H,23,25). The molecule has 2 N–H and O–H groups in total. The molecule has 0 radical (unpaired) electrons. The van der Waals surface area contributed by atoms with Crippen LogP contribution in [0.4, 0.5) is 5.69 Å². The number of para-hydroxylation sites is 1. The number of hydrogen-bond acceptors (Lipinski definition) is 5. The van der Waals surface area contributed by atoms with Crippen LogP contribution in [0.2, 0.25) is 0 Å². The van der Waals surface area contributed by atoms with Crippen LogP contribution in [-0.4, -0.2) is 33.4 Å². The van der Waals surface area contributed by atoms with E-state index in [-0.39, 0.29) is 33.7 Å². The molecular formula is C22H26N2O5S. The Bertz CT molecular complexity index is 1040. The Labute approximate surface area is 176 Å². The van der Waals surface area contributed by atoms with Crippen LogP contribution in [0.1, 0.15) is 58.4 Å². The van der Waals surface area contributed by atoms with Crippen molar-refractivity contribution in [1.29, 1.82) is 0 Å². The number of ether oxygens (including phenoxy) is 1. The monoisotopic (exact) mass is 430 g/mol. The molecule has 160 valence electrons. The number of methoxy groups -OCH3 is 1. The SMILES string of the molecule is COC(=O)c1ccc(C)c(S(=O)(=O)Nc2ccccc2C(=O)NC2CCCCC2)c1. The lowest BCUT2D eigenvalue weighted by atomic mass is 9.95. The maximum atomic E-state index is 13.1. The zero-order chi connectivity index (χ0) is 21.7. The van der Waals surface area contributed by atoms with Gasteiger partial charge in [-0.15, -0.1) is 0 Å². The van der Waals surface area contributed by atoms with E-state index in [1.54, 1.807) is 37.3 Å². The van der Waals surface area contributed by atoms with Gasteiger partial charge in [0, 0.05) is 6.04 Å². The quantitative estimate of drug-likeness (QED) is 0.681. The molecule has 3 rings (SSSR count). The maximum absolute atomic E-state index is 13.1. The minimum Gasteiger partial charge on any atom is -0.465 e. The maximum Gasteiger partial charge on any atom is 0.337 e. The topological polar surface area (TPSA) is 102 Å². The molecule has 30 heavy (non-hydrogen) atoms. The third-order valence-electron chi connectivity index (χ3n) is 5.26. The summed E-state index contributed by atoms with van der Waals surface area (Å²) in [5, 5.41) is 3.01. The van der Waals surface area contributed by atoms with Gasteiger partial charge in [0.25, 0.3) is 15.9 Å². The van der Waals surface area contributed by atoms with E-state index in [4.69, 9.17) is 0 Å². The molecule has 2 aromatic carbocycles. The first-order valence-corrected chi connectivity index (χ1v) is 11.4. The first-order chi connectivity index (χ1) is 14.3. The van der Waals surface area contributed by atoms with Gasteiger partial charge in [-0.05, 0) is 49.6 Å². The molecular weight excluding hydrogens is 404 g/mol. The van der Waals surface area contributed by atoms with Gasteiger partial charge in [0.1, 0.15) is 0 Å². The van der Waals surface area contributed by atoms with Gasteiger partial charge in [-0.1, -0.05) is 37.5 Å². The summed E-state index contributed by atoms with van der Waals surface area (Å²) in [5.74, 6) is -0.932. The second-order valence-electron chi connectivity index (χ2n) is 7.43. The van der Waals surface area contributed by atoms with Crippen molar-refractivity contribution in [3.63, 3.8) is 0 Å². The predicted molar refractivity (Wildman–Crippen MR) is 114 cm³/mol. The van der Waals surface area contributed by atoms with E-state index in [0.717, 1.165) is 25.7 Å². The smallest absolute Gasteiger partial charge is 0.337 e. The van der Waals surface area contributed by atoms with Gasteiger partial charge in [-0.25, -0.2) is 13.2 Å². The number of nitrogens with one attached hydrogen (secondary N) is 2. The number of sulfonamides is 1. The fraction of sp³-hybridized carbons (Fsp3) is 0.364. The molecule has 0 aliphatic heterocycles. The molecule has 2 aromatic rings. The van der Waals surface area contributed by atoms with Crippen LogP contribution in [0.3, 0.4) is 0 Å². The number of hydrogen-bond donors (Lipinski definition) is 2. The van der Waals surface area contributed by atoms with Crippen molar-refractivity contribution in [3.8, 4) is 0 Å². The summed E-state index contributed by atoms with van der Waals surface area (Å²) >= 11 is 0. The highest BCUT2D eigenvalue weighted by Crippen LogP contribution is 2.24. The molecule has 0 bridgehead atoms.